The number of amides is 1. The summed E-state index contributed by atoms with van der Waals surface area (Å²) < 4.78 is 5.95. The Balaban J connectivity index is 2.14. The van der Waals surface area contributed by atoms with Gasteiger partial charge in [0.2, 0.25) is 0 Å². The highest BCUT2D eigenvalue weighted by atomic mass is 79.9. The molecule has 0 radical (unpaired) electrons. The summed E-state index contributed by atoms with van der Waals surface area (Å²) in [5.41, 5.74) is 2.30. The van der Waals surface area contributed by atoms with E-state index in [0.29, 0.717) is 11.3 Å². The molecule has 1 aliphatic rings. The Kier molecular flexibility index (Phi) is 5.13. The molecule has 0 saturated carbocycles. The van der Waals surface area contributed by atoms with E-state index in [4.69, 9.17) is 4.74 Å². The molecule has 2 aromatic carbocycles. The number of carbonyl (C=O) groups is 2. The van der Waals surface area contributed by atoms with E-state index in [0.717, 1.165) is 10.0 Å². The van der Waals surface area contributed by atoms with Crippen molar-refractivity contribution in [1.82, 2.24) is 0 Å². The van der Waals surface area contributed by atoms with Crippen molar-refractivity contribution < 1.29 is 19.4 Å². The average molecular weight is 416 g/mol. The molecule has 0 aliphatic carbocycles. The van der Waals surface area contributed by atoms with Gasteiger partial charge in [-0.3, -0.25) is 9.69 Å². The highest BCUT2D eigenvalue weighted by Crippen LogP contribution is 2.41. The van der Waals surface area contributed by atoms with Gasteiger partial charge in [-0.05, 0) is 43.7 Å². The molecule has 1 N–H and O–H groups in total. The highest BCUT2D eigenvalue weighted by molar-refractivity contribution is 9.10. The molecule has 1 amide bonds. The van der Waals surface area contributed by atoms with E-state index < -0.39 is 23.7 Å². The van der Waals surface area contributed by atoms with Gasteiger partial charge in [0.25, 0.3) is 5.91 Å². The Bertz CT molecular complexity index is 872. The third-order valence-corrected chi connectivity index (χ3v) is 4.73. The van der Waals surface area contributed by atoms with Gasteiger partial charge < -0.3 is 9.84 Å². The smallest absolute Gasteiger partial charge is 0.340 e. The SMILES string of the molecule is CCOC(=O)C1=C(O)C(=O)N(c2ccc(C)cc2)[C@@H]1c1ccc(Br)cc1. The molecule has 0 unspecified atom stereocenters. The van der Waals surface area contributed by atoms with Crippen LogP contribution in [0.25, 0.3) is 0 Å². The fraction of sp³-hybridized carbons (Fsp3) is 0.200. The number of ether oxygens (including phenoxy) is 1. The number of rotatable bonds is 4. The van der Waals surface area contributed by atoms with Crippen molar-refractivity contribution in [2.75, 3.05) is 11.5 Å². The Morgan fingerprint density at radius 2 is 1.77 bits per heavy atom. The number of carbonyl (C=O) groups excluding carboxylic acids is 2. The third-order valence-electron chi connectivity index (χ3n) is 4.20. The highest BCUT2D eigenvalue weighted by Gasteiger charge is 2.45. The number of nitrogens with zero attached hydrogens (tertiary/aromatic N) is 1. The molecule has 0 bridgehead atoms. The molecule has 6 heteroatoms. The summed E-state index contributed by atoms with van der Waals surface area (Å²) in [6.45, 7) is 3.78. The molecule has 0 spiro atoms. The van der Waals surface area contributed by atoms with Crippen LogP contribution in [0.3, 0.4) is 0 Å². The van der Waals surface area contributed by atoms with Crippen LogP contribution in [-0.2, 0) is 14.3 Å². The number of aliphatic hydroxyl groups is 1. The zero-order valence-corrected chi connectivity index (χ0v) is 16.0. The lowest BCUT2D eigenvalue weighted by Gasteiger charge is -2.26. The molecular weight excluding hydrogens is 398 g/mol. The lowest BCUT2D eigenvalue weighted by atomic mass is 9.99. The number of hydrogen-bond acceptors (Lipinski definition) is 4. The van der Waals surface area contributed by atoms with E-state index in [1.54, 1.807) is 31.2 Å². The number of aryl methyl sites for hydroxylation is 1. The second-order valence-electron chi connectivity index (χ2n) is 5.95. The lowest BCUT2D eigenvalue weighted by molar-refractivity contribution is -0.139. The molecule has 0 saturated heterocycles. The minimum absolute atomic E-state index is 0.0419. The monoisotopic (exact) mass is 415 g/mol. The largest absolute Gasteiger partial charge is 0.503 e. The predicted molar refractivity (Wildman–Crippen MR) is 102 cm³/mol. The number of aliphatic hydroxyl groups excluding tert-OH is 1. The van der Waals surface area contributed by atoms with Gasteiger partial charge in [-0.25, -0.2) is 4.79 Å². The topological polar surface area (TPSA) is 66.8 Å². The fourth-order valence-electron chi connectivity index (χ4n) is 2.95. The Morgan fingerprint density at radius 1 is 1.15 bits per heavy atom. The molecule has 0 aromatic heterocycles. The van der Waals surface area contributed by atoms with E-state index in [9.17, 15) is 14.7 Å². The fourth-order valence-corrected chi connectivity index (χ4v) is 3.22. The molecule has 5 nitrogen and oxygen atoms in total. The number of esters is 1. The Labute approximate surface area is 160 Å². The van der Waals surface area contributed by atoms with Crippen molar-refractivity contribution in [3.8, 4) is 0 Å². The van der Waals surface area contributed by atoms with E-state index in [1.165, 1.54) is 4.90 Å². The normalized spacial score (nSPS) is 17.0. The summed E-state index contributed by atoms with van der Waals surface area (Å²) in [5.74, 6) is -1.89. The molecule has 134 valence electrons. The van der Waals surface area contributed by atoms with E-state index in [2.05, 4.69) is 15.9 Å². The van der Waals surface area contributed by atoms with Crippen molar-refractivity contribution in [3.05, 3.63) is 75.5 Å². The Morgan fingerprint density at radius 3 is 2.35 bits per heavy atom. The summed E-state index contributed by atoms with van der Waals surface area (Å²) in [6.07, 6.45) is 0. The van der Waals surface area contributed by atoms with Crippen molar-refractivity contribution >= 4 is 33.5 Å². The summed E-state index contributed by atoms with van der Waals surface area (Å²) in [4.78, 5) is 26.6. The predicted octanol–water partition coefficient (Wildman–Crippen LogP) is 4.22. The second-order valence-corrected chi connectivity index (χ2v) is 6.86. The van der Waals surface area contributed by atoms with Crippen LogP contribution < -0.4 is 4.90 Å². The van der Waals surface area contributed by atoms with Gasteiger partial charge in [-0.15, -0.1) is 0 Å². The van der Waals surface area contributed by atoms with Crippen LogP contribution in [0.2, 0.25) is 0 Å². The maximum absolute atomic E-state index is 12.8. The first-order valence-corrected chi connectivity index (χ1v) is 8.99. The first-order chi connectivity index (χ1) is 12.4. The van der Waals surface area contributed by atoms with Crippen molar-refractivity contribution in [3.63, 3.8) is 0 Å². The minimum Gasteiger partial charge on any atom is -0.503 e. The van der Waals surface area contributed by atoms with Gasteiger partial charge in [0.15, 0.2) is 5.76 Å². The molecule has 0 fully saturated rings. The van der Waals surface area contributed by atoms with E-state index in [1.807, 2.05) is 31.2 Å². The number of hydrogen-bond donors (Lipinski definition) is 1. The van der Waals surface area contributed by atoms with Crippen molar-refractivity contribution in [1.29, 1.82) is 0 Å². The molecule has 1 aliphatic heterocycles. The van der Waals surface area contributed by atoms with Gasteiger partial charge in [0.1, 0.15) is 5.57 Å². The Hall–Kier alpha value is -2.60. The molecule has 3 rings (SSSR count). The zero-order chi connectivity index (χ0) is 18.8. The lowest BCUT2D eigenvalue weighted by Crippen LogP contribution is -2.31. The summed E-state index contributed by atoms with van der Waals surface area (Å²) in [5, 5.41) is 10.4. The van der Waals surface area contributed by atoms with Crippen LogP contribution in [0.1, 0.15) is 24.1 Å². The first-order valence-electron chi connectivity index (χ1n) is 8.20. The average Bonchev–Trinajstić information content (AvgIpc) is 2.88. The zero-order valence-electron chi connectivity index (χ0n) is 14.4. The summed E-state index contributed by atoms with van der Waals surface area (Å²) in [6, 6.07) is 13.8. The maximum Gasteiger partial charge on any atom is 0.340 e. The standard InChI is InChI=1S/C20H18BrNO4/c1-3-26-20(25)16-17(13-6-8-14(21)9-7-13)22(19(24)18(16)23)15-10-4-12(2)5-11-15/h4-11,17,23H,3H2,1-2H3/t17-/m1/s1. The molecule has 2 aromatic rings. The van der Waals surface area contributed by atoms with Gasteiger partial charge in [0, 0.05) is 10.2 Å². The number of benzene rings is 2. The van der Waals surface area contributed by atoms with Crippen LogP contribution in [0, 0.1) is 6.92 Å². The van der Waals surface area contributed by atoms with Gasteiger partial charge in [-0.1, -0.05) is 45.8 Å². The van der Waals surface area contributed by atoms with Crippen LogP contribution in [0.15, 0.2) is 64.3 Å². The molecule has 26 heavy (non-hydrogen) atoms. The van der Waals surface area contributed by atoms with Crippen LogP contribution in [-0.4, -0.2) is 23.6 Å². The summed E-state index contributed by atoms with van der Waals surface area (Å²) in [7, 11) is 0. The van der Waals surface area contributed by atoms with Gasteiger partial charge >= 0.3 is 5.97 Å². The third kappa shape index (κ3) is 3.24. The van der Waals surface area contributed by atoms with Crippen molar-refractivity contribution in [2.24, 2.45) is 0 Å². The van der Waals surface area contributed by atoms with Gasteiger partial charge in [0.05, 0.1) is 12.6 Å². The first kappa shape index (κ1) is 18.2. The molecule has 1 heterocycles. The molecular formula is C20H18BrNO4. The van der Waals surface area contributed by atoms with Crippen LogP contribution >= 0.6 is 15.9 Å². The van der Waals surface area contributed by atoms with E-state index >= 15 is 0 Å². The minimum atomic E-state index is -0.752. The van der Waals surface area contributed by atoms with Crippen LogP contribution in [0.5, 0.6) is 0 Å². The van der Waals surface area contributed by atoms with Crippen molar-refractivity contribution in [2.45, 2.75) is 19.9 Å². The maximum atomic E-state index is 12.8. The number of anilines is 1. The van der Waals surface area contributed by atoms with E-state index in [-0.39, 0.29) is 12.2 Å². The van der Waals surface area contributed by atoms with Crippen LogP contribution in [0.4, 0.5) is 5.69 Å². The molecule has 1 atom stereocenters. The second kappa shape index (κ2) is 7.33. The summed E-state index contributed by atoms with van der Waals surface area (Å²) >= 11 is 3.38. The van der Waals surface area contributed by atoms with Gasteiger partial charge in [-0.2, -0.15) is 0 Å². The number of halogens is 1. The quantitative estimate of drug-likeness (QED) is 0.758.